The van der Waals surface area contributed by atoms with Gasteiger partial charge in [0.15, 0.2) is 0 Å². The molecule has 2 N–H and O–H groups in total. The molecule has 0 spiro atoms. The van der Waals surface area contributed by atoms with Gasteiger partial charge in [-0.05, 0) is 24.7 Å². The van der Waals surface area contributed by atoms with Crippen LogP contribution in [0.15, 0.2) is 0 Å². The molecule has 2 atom stereocenters. The molecular formula is C17H26N4O5. The number of carbonyl (C=O) groups is 5. The maximum atomic E-state index is 12.2. The van der Waals surface area contributed by atoms with Crippen molar-refractivity contribution in [2.75, 3.05) is 13.1 Å². The average Bonchev–Trinajstić information content (AvgIpc) is 2.74. The Hall–Kier alpha value is -2.45. The third-order valence-corrected chi connectivity index (χ3v) is 4.67. The van der Waals surface area contributed by atoms with Gasteiger partial charge in [-0.15, -0.1) is 0 Å². The summed E-state index contributed by atoms with van der Waals surface area (Å²) in [5.74, 6) is -2.49. The molecule has 0 aromatic rings. The van der Waals surface area contributed by atoms with Crippen LogP contribution in [0.3, 0.4) is 0 Å². The van der Waals surface area contributed by atoms with Crippen LogP contribution in [0.4, 0.5) is 9.59 Å². The van der Waals surface area contributed by atoms with E-state index in [1.807, 2.05) is 6.92 Å². The van der Waals surface area contributed by atoms with Crippen molar-refractivity contribution in [2.45, 2.75) is 52.5 Å². The van der Waals surface area contributed by atoms with E-state index in [1.54, 1.807) is 13.8 Å². The van der Waals surface area contributed by atoms with Crippen LogP contribution in [-0.2, 0) is 14.4 Å². The van der Waals surface area contributed by atoms with Gasteiger partial charge in [-0.2, -0.15) is 0 Å². The quantitative estimate of drug-likeness (QED) is 0.552. The fourth-order valence-corrected chi connectivity index (χ4v) is 3.26. The number of hydrogen-bond donors (Lipinski definition) is 2. The summed E-state index contributed by atoms with van der Waals surface area (Å²) in [6.07, 6.45) is 4.02. The Bertz CT molecular complexity index is 618. The molecule has 1 aliphatic carbocycles. The molecule has 0 aromatic heterocycles. The first kappa shape index (κ1) is 19.9. The zero-order valence-electron chi connectivity index (χ0n) is 15.4. The lowest BCUT2D eigenvalue weighted by atomic mass is 9.86. The molecule has 0 bridgehead atoms. The molecule has 7 amide bonds. The van der Waals surface area contributed by atoms with Crippen LogP contribution >= 0.6 is 0 Å². The topological polar surface area (TPSA) is 116 Å². The molecule has 0 unspecified atom stereocenters. The number of carbonyl (C=O) groups excluding carboxylic acids is 5. The first-order valence-electron chi connectivity index (χ1n) is 8.98. The molecule has 2 aliphatic rings. The van der Waals surface area contributed by atoms with Crippen LogP contribution in [0.1, 0.15) is 46.5 Å². The molecule has 1 aliphatic heterocycles. The second-order valence-corrected chi connectivity index (χ2v) is 7.37. The fraction of sp³-hybridized carbons (Fsp3) is 0.706. The highest BCUT2D eigenvalue weighted by molar-refractivity contribution is 6.45. The summed E-state index contributed by atoms with van der Waals surface area (Å²) in [5, 5.41) is 4.88. The van der Waals surface area contributed by atoms with E-state index in [1.165, 1.54) is 0 Å². The van der Waals surface area contributed by atoms with Crippen molar-refractivity contribution in [3.8, 4) is 0 Å². The first-order valence-corrected chi connectivity index (χ1v) is 8.98. The zero-order valence-corrected chi connectivity index (χ0v) is 15.4. The standard InChI is InChI=1S/C17H26N4O5/c1-10(2)8-20-14(23)15(24)21(17(20)26)9-13(22)19-16(25)18-12-7-5-4-6-11(12)3/h10-12H,4-9H2,1-3H3,(H2,18,19,22,25)/t11-,12-/m1/s1. The normalized spacial score (nSPS) is 23.6. The summed E-state index contributed by atoms with van der Waals surface area (Å²) in [6, 6.07) is -1.49. The van der Waals surface area contributed by atoms with Crippen LogP contribution in [0.2, 0.25) is 0 Å². The highest BCUT2D eigenvalue weighted by atomic mass is 16.2. The van der Waals surface area contributed by atoms with Gasteiger partial charge in [-0.3, -0.25) is 24.6 Å². The number of amides is 7. The molecule has 9 heteroatoms. The van der Waals surface area contributed by atoms with Gasteiger partial charge in [0, 0.05) is 12.6 Å². The van der Waals surface area contributed by atoms with E-state index < -0.39 is 36.3 Å². The Morgan fingerprint density at radius 2 is 1.69 bits per heavy atom. The van der Waals surface area contributed by atoms with Crippen molar-refractivity contribution in [3.63, 3.8) is 0 Å². The van der Waals surface area contributed by atoms with E-state index in [4.69, 9.17) is 0 Å². The lowest BCUT2D eigenvalue weighted by Gasteiger charge is -2.29. The molecule has 26 heavy (non-hydrogen) atoms. The summed E-state index contributed by atoms with van der Waals surface area (Å²) in [7, 11) is 0. The van der Waals surface area contributed by atoms with Crippen LogP contribution in [0.25, 0.3) is 0 Å². The van der Waals surface area contributed by atoms with Crippen LogP contribution in [-0.4, -0.2) is 58.7 Å². The monoisotopic (exact) mass is 366 g/mol. The van der Waals surface area contributed by atoms with Gasteiger partial charge < -0.3 is 5.32 Å². The highest BCUT2D eigenvalue weighted by Crippen LogP contribution is 2.23. The van der Waals surface area contributed by atoms with Crippen molar-refractivity contribution < 1.29 is 24.0 Å². The second-order valence-electron chi connectivity index (χ2n) is 7.37. The zero-order chi connectivity index (χ0) is 19.4. The molecule has 9 nitrogen and oxygen atoms in total. The summed E-state index contributed by atoms with van der Waals surface area (Å²) < 4.78 is 0. The predicted octanol–water partition coefficient (Wildman–Crippen LogP) is 0.838. The van der Waals surface area contributed by atoms with Crippen molar-refractivity contribution >= 4 is 29.8 Å². The summed E-state index contributed by atoms with van der Waals surface area (Å²) in [5.41, 5.74) is 0. The van der Waals surface area contributed by atoms with E-state index in [0.717, 1.165) is 30.6 Å². The minimum Gasteiger partial charge on any atom is -0.335 e. The smallest absolute Gasteiger partial charge is 0.334 e. The molecule has 0 radical (unpaired) electrons. The average molecular weight is 366 g/mol. The Morgan fingerprint density at radius 1 is 1.08 bits per heavy atom. The maximum Gasteiger partial charge on any atom is 0.334 e. The number of imide groups is 3. The van der Waals surface area contributed by atoms with Crippen molar-refractivity contribution in [1.29, 1.82) is 0 Å². The van der Waals surface area contributed by atoms with Gasteiger partial charge >= 0.3 is 23.9 Å². The number of nitrogens with one attached hydrogen (secondary N) is 2. The Labute approximate surface area is 152 Å². The van der Waals surface area contributed by atoms with Crippen LogP contribution in [0.5, 0.6) is 0 Å². The molecule has 2 fully saturated rings. The first-order chi connectivity index (χ1) is 12.2. The van der Waals surface area contributed by atoms with Gasteiger partial charge in [-0.25, -0.2) is 14.5 Å². The molecular weight excluding hydrogens is 340 g/mol. The molecule has 0 aromatic carbocycles. The summed E-state index contributed by atoms with van der Waals surface area (Å²) >= 11 is 0. The predicted molar refractivity (Wildman–Crippen MR) is 91.8 cm³/mol. The number of hydrogen-bond acceptors (Lipinski definition) is 5. The molecule has 1 heterocycles. The van der Waals surface area contributed by atoms with Gasteiger partial charge in [0.1, 0.15) is 6.54 Å². The van der Waals surface area contributed by atoms with Gasteiger partial charge in [0.2, 0.25) is 5.91 Å². The van der Waals surface area contributed by atoms with Crippen LogP contribution < -0.4 is 10.6 Å². The van der Waals surface area contributed by atoms with E-state index in [2.05, 4.69) is 10.6 Å². The fourth-order valence-electron chi connectivity index (χ4n) is 3.26. The summed E-state index contributed by atoms with van der Waals surface area (Å²) in [4.78, 5) is 61.3. The number of rotatable bonds is 5. The van der Waals surface area contributed by atoms with E-state index in [-0.39, 0.29) is 18.5 Å². The largest absolute Gasteiger partial charge is 0.335 e. The van der Waals surface area contributed by atoms with Gasteiger partial charge in [-0.1, -0.05) is 33.6 Å². The molecule has 1 saturated heterocycles. The molecule has 144 valence electrons. The van der Waals surface area contributed by atoms with Crippen molar-refractivity contribution in [2.24, 2.45) is 11.8 Å². The lowest BCUT2D eigenvalue weighted by molar-refractivity contribution is -0.144. The Morgan fingerprint density at radius 3 is 2.31 bits per heavy atom. The minimum atomic E-state index is -1.05. The van der Waals surface area contributed by atoms with Crippen LogP contribution in [0, 0.1) is 11.8 Å². The van der Waals surface area contributed by atoms with E-state index in [9.17, 15) is 24.0 Å². The number of urea groups is 2. The molecule has 1 saturated carbocycles. The third-order valence-electron chi connectivity index (χ3n) is 4.67. The highest BCUT2D eigenvalue weighted by Gasteiger charge is 2.45. The Balaban J connectivity index is 1.88. The SMILES string of the molecule is CC(C)CN1C(=O)C(=O)N(CC(=O)NC(=O)N[C@@H]2CCCC[C@H]2C)C1=O. The lowest BCUT2D eigenvalue weighted by Crippen LogP contribution is -2.50. The van der Waals surface area contributed by atoms with E-state index >= 15 is 0 Å². The van der Waals surface area contributed by atoms with Gasteiger partial charge in [0.05, 0.1) is 0 Å². The summed E-state index contributed by atoms with van der Waals surface area (Å²) in [6.45, 7) is 5.09. The maximum absolute atomic E-state index is 12.2. The van der Waals surface area contributed by atoms with Gasteiger partial charge in [0.25, 0.3) is 0 Å². The minimum absolute atomic E-state index is 0.00490. The Kier molecular flexibility index (Phi) is 6.33. The van der Waals surface area contributed by atoms with Crippen molar-refractivity contribution in [3.05, 3.63) is 0 Å². The third kappa shape index (κ3) is 4.59. The van der Waals surface area contributed by atoms with E-state index in [0.29, 0.717) is 10.8 Å². The second kappa shape index (κ2) is 8.29. The number of nitrogens with zero attached hydrogens (tertiary/aromatic N) is 2. The van der Waals surface area contributed by atoms with Crippen molar-refractivity contribution in [1.82, 2.24) is 20.4 Å². The molecule has 2 rings (SSSR count).